The van der Waals surface area contributed by atoms with E-state index in [9.17, 15) is 0 Å². The molecule has 0 aromatic heterocycles. The molecule has 0 spiro atoms. The van der Waals surface area contributed by atoms with Crippen LogP contribution in [0, 0.1) is 5.92 Å². The second-order valence-corrected chi connectivity index (χ2v) is 4.10. The summed E-state index contributed by atoms with van der Waals surface area (Å²) in [6.07, 6.45) is 0. The Balaban J connectivity index is 3.14. The van der Waals surface area contributed by atoms with Crippen molar-refractivity contribution in [2.75, 3.05) is 46.4 Å². The Hall–Kier alpha value is -0.120. The van der Waals surface area contributed by atoms with Crippen molar-refractivity contribution in [2.45, 2.75) is 20.8 Å². The molecule has 3 nitrogen and oxygen atoms in total. The summed E-state index contributed by atoms with van der Waals surface area (Å²) in [4.78, 5) is 2.29. The van der Waals surface area contributed by atoms with Crippen LogP contribution in [0.4, 0.5) is 0 Å². The maximum atomic E-state index is 5.29. The Labute approximate surface area is 88.8 Å². The SMILES string of the molecule is CCOCCN(C)CCNCC(C)C. The van der Waals surface area contributed by atoms with Crippen LogP contribution in [0.3, 0.4) is 0 Å². The summed E-state index contributed by atoms with van der Waals surface area (Å²) in [7, 11) is 2.13. The lowest BCUT2D eigenvalue weighted by Gasteiger charge is -2.17. The van der Waals surface area contributed by atoms with Crippen LogP contribution in [0.5, 0.6) is 0 Å². The Kier molecular flexibility index (Phi) is 9.35. The van der Waals surface area contributed by atoms with Crippen molar-refractivity contribution in [1.29, 1.82) is 0 Å². The van der Waals surface area contributed by atoms with Crippen molar-refractivity contribution >= 4 is 0 Å². The minimum absolute atomic E-state index is 0.740. The van der Waals surface area contributed by atoms with Crippen LogP contribution in [0.15, 0.2) is 0 Å². The van der Waals surface area contributed by atoms with E-state index in [-0.39, 0.29) is 0 Å². The summed E-state index contributed by atoms with van der Waals surface area (Å²) in [5.41, 5.74) is 0. The third-order valence-corrected chi connectivity index (χ3v) is 2.04. The molecule has 14 heavy (non-hydrogen) atoms. The molecule has 0 aromatic rings. The molecule has 0 saturated heterocycles. The quantitative estimate of drug-likeness (QED) is 0.569. The van der Waals surface area contributed by atoms with Gasteiger partial charge in [-0.05, 0) is 26.4 Å². The highest BCUT2D eigenvalue weighted by molar-refractivity contribution is 4.56. The fraction of sp³-hybridized carbons (Fsp3) is 1.00. The smallest absolute Gasteiger partial charge is 0.0593 e. The van der Waals surface area contributed by atoms with Gasteiger partial charge in [-0.3, -0.25) is 0 Å². The highest BCUT2D eigenvalue weighted by Gasteiger charge is 1.97. The van der Waals surface area contributed by atoms with Gasteiger partial charge in [-0.1, -0.05) is 13.8 Å². The van der Waals surface area contributed by atoms with Crippen LogP contribution >= 0.6 is 0 Å². The fourth-order valence-electron chi connectivity index (χ4n) is 1.14. The molecular weight excluding hydrogens is 176 g/mol. The zero-order valence-corrected chi connectivity index (χ0v) is 10.2. The first kappa shape index (κ1) is 13.9. The van der Waals surface area contributed by atoms with Gasteiger partial charge in [0.2, 0.25) is 0 Å². The number of nitrogens with one attached hydrogen (secondary N) is 1. The van der Waals surface area contributed by atoms with Gasteiger partial charge >= 0.3 is 0 Å². The topological polar surface area (TPSA) is 24.5 Å². The van der Waals surface area contributed by atoms with E-state index in [0.717, 1.165) is 45.3 Å². The van der Waals surface area contributed by atoms with Crippen LogP contribution in [0.1, 0.15) is 20.8 Å². The maximum absolute atomic E-state index is 5.29. The van der Waals surface area contributed by atoms with E-state index in [1.165, 1.54) is 0 Å². The first-order valence-corrected chi connectivity index (χ1v) is 5.63. The highest BCUT2D eigenvalue weighted by atomic mass is 16.5. The van der Waals surface area contributed by atoms with E-state index >= 15 is 0 Å². The van der Waals surface area contributed by atoms with E-state index in [4.69, 9.17) is 4.74 Å². The second kappa shape index (κ2) is 9.44. The van der Waals surface area contributed by atoms with Crippen LogP contribution in [-0.4, -0.2) is 51.3 Å². The predicted molar refractivity (Wildman–Crippen MR) is 61.7 cm³/mol. The van der Waals surface area contributed by atoms with Gasteiger partial charge in [-0.15, -0.1) is 0 Å². The minimum Gasteiger partial charge on any atom is -0.380 e. The summed E-state index contributed by atoms with van der Waals surface area (Å²) < 4.78 is 5.29. The van der Waals surface area contributed by atoms with Gasteiger partial charge in [-0.2, -0.15) is 0 Å². The molecule has 0 rings (SSSR count). The molecule has 86 valence electrons. The molecule has 0 aliphatic heterocycles. The third-order valence-electron chi connectivity index (χ3n) is 2.04. The lowest BCUT2D eigenvalue weighted by molar-refractivity contribution is 0.122. The first-order chi connectivity index (χ1) is 6.66. The lowest BCUT2D eigenvalue weighted by atomic mass is 10.2. The number of likely N-dealkylation sites (N-methyl/N-ethyl adjacent to an activating group) is 1. The van der Waals surface area contributed by atoms with E-state index in [0.29, 0.717) is 0 Å². The Morgan fingerprint density at radius 1 is 1.29 bits per heavy atom. The van der Waals surface area contributed by atoms with Gasteiger partial charge < -0.3 is 15.0 Å². The molecule has 0 unspecified atom stereocenters. The van der Waals surface area contributed by atoms with Crippen LogP contribution in [0.25, 0.3) is 0 Å². The molecule has 0 radical (unpaired) electrons. The van der Waals surface area contributed by atoms with E-state index in [1.54, 1.807) is 0 Å². The molecule has 0 fully saturated rings. The first-order valence-electron chi connectivity index (χ1n) is 5.63. The predicted octanol–water partition coefficient (Wildman–Crippen LogP) is 1.20. The molecule has 0 bridgehead atoms. The summed E-state index contributed by atoms with van der Waals surface area (Å²) in [6, 6.07) is 0. The van der Waals surface area contributed by atoms with Gasteiger partial charge in [0.1, 0.15) is 0 Å². The lowest BCUT2D eigenvalue weighted by Crippen LogP contribution is -2.32. The number of rotatable bonds is 9. The molecule has 1 N–H and O–H groups in total. The molecule has 3 heteroatoms. The van der Waals surface area contributed by atoms with Gasteiger partial charge in [0.25, 0.3) is 0 Å². The molecule has 0 aromatic carbocycles. The molecule has 0 aliphatic rings. The van der Waals surface area contributed by atoms with Gasteiger partial charge in [-0.25, -0.2) is 0 Å². The number of hydrogen-bond acceptors (Lipinski definition) is 3. The average molecular weight is 202 g/mol. The van der Waals surface area contributed by atoms with Crippen molar-refractivity contribution in [3.8, 4) is 0 Å². The van der Waals surface area contributed by atoms with E-state index in [1.807, 2.05) is 6.92 Å². The molecule has 0 amide bonds. The summed E-state index contributed by atoms with van der Waals surface area (Å²) in [6.45, 7) is 12.5. The minimum atomic E-state index is 0.740. The third kappa shape index (κ3) is 9.96. The zero-order valence-electron chi connectivity index (χ0n) is 10.2. The van der Waals surface area contributed by atoms with Gasteiger partial charge in [0.05, 0.1) is 6.61 Å². The maximum Gasteiger partial charge on any atom is 0.0593 e. The molecule has 0 aliphatic carbocycles. The van der Waals surface area contributed by atoms with Crippen molar-refractivity contribution in [1.82, 2.24) is 10.2 Å². The van der Waals surface area contributed by atoms with Crippen LogP contribution in [0.2, 0.25) is 0 Å². The molecule has 0 atom stereocenters. The Morgan fingerprint density at radius 2 is 2.00 bits per heavy atom. The number of hydrogen-bond donors (Lipinski definition) is 1. The highest BCUT2D eigenvalue weighted by Crippen LogP contribution is 1.87. The number of ether oxygens (including phenoxy) is 1. The van der Waals surface area contributed by atoms with Crippen molar-refractivity contribution in [3.63, 3.8) is 0 Å². The zero-order chi connectivity index (χ0) is 10.8. The molecular formula is C11H26N2O. The Morgan fingerprint density at radius 3 is 2.57 bits per heavy atom. The summed E-state index contributed by atoms with van der Waals surface area (Å²) >= 11 is 0. The van der Waals surface area contributed by atoms with E-state index in [2.05, 4.69) is 31.1 Å². The largest absolute Gasteiger partial charge is 0.380 e. The second-order valence-electron chi connectivity index (χ2n) is 4.10. The Bertz CT molecular complexity index is 118. The van der Waals surface area contributed by atoms with E-state index < -0.39 is 0 Å². The fourth-order valence-corrected chi connectivity index (χ4v) is 1.14. The molecule has 0 heterocycles. The van der Waals surface area contributed by atoms with Gasteiger partial charge in [0, 0.05) is 26.2 Å². The standard InChI is InChI=1S/C11H26N2O/c1-5-14-9-8-13(4)7-6-12-10-11(2)3/h11-12H,5-10H2,1-4H3. The van der Waals surface area contributed by atoms with Crippen molar-refractivity contribution in [2.24, 2.45) is 5.92 Å². The average Bonchev–Trinajstić information content (AvgIpc) is 2.13. The van der Waals surface area contributed by atoms with Crippen molar-refractivity contribution < 1.29 is 4.74 Å². The summed E-state index contributed by atoms with van der Waals surface area (Å²) in [5.74, 6) is 0.740. The van der Waals surface area contributed by atoms with Gasteiger partial charge in [0.15, 0.2) is 0 Å². The van der Waals surface area contributed by atoms with Crippen LogP contribution < -0.4 is 5.32 Å². The normalized spacial score (nSPS) is 11.6. The monoisotopic (exact) mass is 202 g/mol. The van der Waals surface area contributed by atoms with Crippen molar-refractivity contribution in [3.05, 3.63) is 0 Å². The summed E-state index contributed by atoms with van der Waals surface area (Å²) in [5, 5.41) is 3.42. The number of nitrogens with zero attached hydrogens (tertiary/aromatic N) is 1. The molecule has 0 saturated carbocycles. The van der Waals surface area contributed by atoms with Crippen LogP contribution in [-0.2, 0) is 4.74 Å².